The molecule has 0 aliphatic carbocycles. The third kappa shape index (κ3) is 29.6. The number of unbranched alkanes of at least 4 members (excludes halogenated alkanes) is 14. The first-order chi connectivity index (χ1) is 33.1. The van der Waals surface area contributed by atoms with Gasteiger partial charge in [-0.1, -0.05) is 152 Å². The van der Waals surface area contributed by atoms with Crippen molar-refractivity contribution in [1.29, 1.82) is 0 Å². The number of carbonyl (C=O) groups is 2. The van der Waals surface area contributed by atoms with Gasteiger partial charge < -0.3 is 45.1 Å². The van der Waals surface area contributed by atoms with Crippen molar-refractivity contribution in [2.45, 2.75) is 198 Å². The number of aliphatic hydroxyl groups excluding tert-OH is 3. The number of allylic oxidation sites excluding steroid dienone is 7. The summed E-state index contributed by atoms with van der Waals surface area (Å²) in [5.74, 6) is -1.39. The smallest absolute Gasteiger partial charge is 0.462 e. The number of aromatic nitrogens is 2. The molecular formula is C48H81N3O16P2. The molecule has 1 aliphatic heterocycles. The summed E-state index contributed by atoms with van der Waals surface area (Å²) in [6.07, 6.45) is 29.7. The Kier molecular flexibility index (Phi) is 32.8. The van der Waals surface area contributed by atoms with E-state index in [4.69, 9.17) is 29.0 Å². The Hall–Kier alpha value is -3.32. The summed E-state index contributed by atoms with van der Waals surface area (Å²) in [6, 6.07) is 1.24. The van der Waals surface area contributed by atoms with E-state index in [1.807, 2.05) is 42.5 Å². The van der Waals surface area contributed by atoms with Gasteiger partial charge in [-0.05, 0) is 51.0 Å². The number of carbonyl (C=O) groups excluding carboxylic acids is 2. The van der Waals surface area contributed by atoms with E-state index in [0.717, 1.165) is 68.6 Å². The van der Waals surface area contributed by atoms with Gasteiger partial charge in [0, 0.05) is 19.0 Å². The van der Waals surface area contributed by atoms with E-state index in [1.165, 1.54) is 57.4 Å². The maximum absolute atomic E-state index is 12.8. The van der Waals surface area contributed by atoms with Crippen molar-refractivity contribution < 1.29 is 71.4 Å². The standard InChI is InChI=1S/C48H81N3O16P2/c1-3-5-7-8-9-10-11-12-16-19-22-25-28-32-43(53)62-36-40(65-44(54)33-29-26-23-20-17-14-13-15-18-21-24-27-31-39(52)30-6-4-2)37-63-68(58,59)67-69(60,61)64-38-41-45(55)46(56)47(66-41)51-35-34-42(49)50-48(51)57/h13-14,18,20-21,23,27,31,34-35,39-41,45-47,52,55-56H,3-12,15-17,19,22,24-26,28-30,32-33,36-38H2,1-2H3,(H,58,59)(H,60,61)(H2,49,50,57)/b14-13-,21-18-,23-20-,31-27-/t39-,40-,41-,45-,46-,47-/m1/s1. The zero-order valence-electron chi connectivity index (χ0n) is 40.7. The number of anilines is 1. The van der Waals surface area contributed by atoms with Gasteiger partial charge >= 0.3 is 33.3 Å². The second kappa shape index (κ2) is 36.6. The molecule has 0 spiro atoms. The van der Waals surface area contributed by atoms with Crippen LogP contribution in [-0.4, -0.2) is 96.9 Å². The van der Waals surface area contributed by atoms with Gasteiger partial charge in [0.25, 0.3) is 0 Å². The van der Waals surface area contributed by atoms with Crippen molar-refractivity contribution in [3.05, 3.63) is 71.4 Å². The van der Waals surface area contributed by atoms with Gasteiger partial charge in [-0.25, -0.2) is 13.9 Å². The number of phosphoric ester groups is 2. The average molecular weight is 1020 g/mol. The zero-order valence-corrected chi connectivity index (χ0v) is 42.5. The summed E-state index contributed by atoms with van der Waals surface area (Å²) in [5, 5.41) is 30.7. The summed E-state index contributed by atoms with van der Waals surface area (Å²) < 4.78 is 56.6. The van der Waals surface area contributed by atoms with Crippen LogP contribution in [0.15, 0.2) is 65.7 Å². The highest BCUT2D eigenvalue weighted by atomic mass is 31.3. The Morgan fingerprint density at radius 2 is 1.30 bits per heavy atom. The van der Waals surface area contributed by atoms with Crippen LogP contribution in [0.25, 0.3) is 0 Å². The normalized spacial score (nSPS) is 20.2. The largest absolute Gasteiger partial charge is 0.481 e. The summed E-state index contributed by atoms with van der Waals surface area (Å²) >= 11 is 0. The van der Waals surface area contributed by atoms with Crippen molar-refractivity contribution in [1.82, 2.24) is 9.55 Å². The van der Waals surface area contributed by atoms with Crippen molar-refractivity contribution >= 4 is 33.4 Å². The molecule has 1 fully saturated rings. The molecule has 21 heteroatoms. The number of ether oxygens (including phenoxy) is 3. The quantitative estimate of drug-likeness (QED) is 0.0155. The molecule has 2 unspecified atom stereocenters. The monoisotopic (exact) mass is 1020 g/mol. The number of hydrogen-bond acceptors (Lipinski definition) is 16. The van der Waals surface area contributed by atoms with Crippen LogP contribution in [0.5, 0.6) is 0 Å². The number of esters is 2. The minimum Gasteiger partial charge on any atom is -0.462 e. The number of nitrogen functional groups attached to an aromatic ring is 1. The Morgan fingerprint density at radius 3 is 1.91 bits per heavy atom. The van der Waals surface area contributed by atoms with Gasteiger partial charge in [-0.3, -0.25) is 23.2 Å². The predicted molar refractivity (Wildman–Crippen MR) is 262 cm³/mol. The molecule has 1 saturated heterocycles. The number of nitrogens with two attached hydrogens (primary N) is 1. The maximum atomic E-state index is 12.8. The van der Waals surface area contributed by atoms with Crippen LogP contribution in [-0.2, 0) is 46.3 Å². The molecule has 69 heavy (non-hydrogen) atoms. The first-order valence-corrected chi connectivity index (χ1v) is 27.7. The second-order valence-corrected chi connectivity index (χ2v) is 20.2. The van der Waals surface area contributed by atoms with E-state index in [0.29, 0.717) is 25.7 Å². The zero-order chi connectivity index (χ0) is 50.8. The highest BCUT2D eigenvalue weighted by Crippen LogP contribution is 2.60. The van der Waals surface area contributed by atoms with E-state index < -0.39 is 89.8 Å². The fourth-order valence-electron chi connectivity index (χ4n) is 7.09. The topological polar surface area (TPSA) is 286 Å². The SMILES string of the molecule is CCCCCCCCCCCCCCCC(=O)OC[C@H](COP(=O)(O)OP(=O)(O)OC[C@H]1O[C@@H](n2ccc(N)nc2=O)[C@H](O)[C@@H]1O)OC(=O)CCC/C=C\C/C=C\C/C=C\C/C=C\[C@H](O)CCCC. The van der Waals surface area contributed by atoms with Crippen molar-refractivity contribution in [3.8, 4) is 0 Å². The van der Waals surface area contributed by atoms with Crippen LogP contribution < -0.4 is 11.4 Å². The number of nitrogens with zero attached hydrogens (tertiary/aromatic N) is 2. The number of rotatable bonds is 40. The Morgan fingerprint density at radius 1 is 0.754 bits per heavy atom. The van der Waals surface area contributed by atoms with Crippen LogP contribution in [0.1, 0.15) is 168 Å². The Bertz CT molecular complexity index is 1860. The molecule has 2 heterocycles. The molecule has 19 nitrogen and oxygen atoms in total. The van der Waals surface area contributed by atoms with Crippen molar-refractivity contribution in [2.24, 2.45) is 0 Å². The molecule has 0 radical (unpaired) electrons. The molecule has 7 N–H and O–H groups in total. The van der Waals surface area contributed by atoms with Crippen LogP contribution in [0, 0.1) is 0 Å². The van der Waals surface area contributed by atoms with Crippen LogP contribution >= 0.6 is 15.6 Å². The average Bonchev–Trinajstić information content (AvgIpc) is 3.58. The highest BCUT2D eigenvalue weighted by Gasteiger charge is 2.46. The lowest BCUT2D eigenvalue weighted by Gasteiger charge is -2.21. The highest BCUT2D eigenvalue weighted by molar-refractivity contribution is 7.61. The van der Waals surface area contributed by atoms with Gasteiger partial charge in [-0.2, -0.15) is 9.29 Å². The second-order valence-electron chi connectivity index (χ2n) is 17.1. The lowest BCUT2D eigenvalue weighted by atomic mass is 10.0. The lowest BCUT2D eigenvalue weighted by Crippen LogP contribution is -2.36. The molecule has 8 atom stereocenters. The van der Waals surface area contributed by atoms with E-state index in [1.54, 1.807) is 0 Å². The summed E-state index contributed by atoms with van der Waals surface area (Å²) in [7, 11) is -10.9. The molecule has 1 aromatic rings. The van der Waals surface area contributed by atoms with Gasteiger partial charge in [0.2, 0.25) is 0 Å². The minimum atomic E-state index is -5.44. The summed E-state index contributed by atoms with van der Waals surface area (Å²) in [5.41, 5.74) is 4.57. The lowest BCUT2D eigenvalue weighted by molar-refractivity contribution is -0.161. The molecule has 0 aromatic carbocycles. The van der Waals surface area contributed by atoms with Crippen molar-refractivity contribution in [3.63, 3.8) is 0 Å². The van der Waals surface area contributed by atoms with Crippen LogP contribution in [0.2, 0.25) is 0 Å². The number of phosphoric acid groups is 2. The minimum absolute atomic E-state index is 0.0421. The first-order valence-electron chi connectivity index (χ1n) is 24.7. The fourth-order valence-corrected chi connectivity index (χ4v) is 9.20. The van der Waals surface area contributed by atoms with E-state index >= 15 is 0 Å². The maximum Gasteiger partial charge on any atom is 0.481 e. The van der Waals surface area contributed by atoms with E-state index in [-0.39, 0.29) is 18.7 Å². The number of aliphatic hydroxyl groups is 3. The first kappa shape index (κ1) is 61.8. The van der Waals surface area contributed by atoms with Gasteiger partial charge in [0.05, 0.1) is 19.3 Å². The van der Waals surface area contributed by atoms with Crippen molar-refractivity contribution in [2.75, 3.05) is 25.6 Å². The summed E-state index contributed by atoms with van der Waals surface area (Å²) in [6.45, 7) is 1.93. The third-order valence-corrected chi connectivity index (χ3v) is 13.6. The van der Waals surface area contributed by atoms with Gasteiger partial charge in [-0.15, -0.1) is 0 Å². The molecule has 1 aromatic heterocycles. The van der Waals surface area contributed by atoms with Crippen LogP contribution in [0.3, 0.4) is 0 Å². The fraction of sp³-hybridized carbons (Fsp3) is 0.708. The van der Waals surface area contributed by atoms with Gasteiger partial charge in [0.15, 0.2) is 12.3 Å². The number of hydrogen-bond donors (Lipinski definition) is 6. The molecular weight excluding hydrogens is 936 g/mol. The summed E-state index contributed by atoms with van der Waals surface area (Å²) in [4.78, 5) is 61.8. The van der Waals surface area contributed by atoms with Crippen LogP contribution in [0.4, 0.5) is 5.82 Å². The molecule has 0 saturated carbocycles. The Labute approximate surface area is 408 Å². The molecule has 2 rings (SSSR count). The Balaban J connectivity index is 1.84. The third-order valence-electron chi connectivity index (χ3n) is 11.0. The van der Waals surface area contributed by atoms with Gasteiger partial charge in [0.1, 0.15) is 30.7 Å². The molecule has 1 aliphatic rings. The molecule has 0 amide bonds. The predicted octanol–water partition coefficient (Wildman–Crippen LogP) is 8.75. The molecule has 0 bridgehead atoms. The van der Waals surface area contributed by atoms with E-state index in [9.17, 15) is 48.6 Å². The molecule has 394 valence electrons. The van der Waals surface area contributed by atoms with E-state index in [2.05, 4.69) is 29.2 Å².